The van der Waals surface area contributed by atoms with Gasteiger partial charge in [0.15, 0.2) is 0 Å². The summed E-state index contributed by atoms with van der Waals surface area (Å²) in [5, 5.41) is 4.55. The number of pyridine rings is 1. The van der Waals surface area contributed by atoms with Crippen molar-refractivity contribution in [1.82, 2.24) is 9.61 Å². The molecule has 0 spiro atoms. The molecule has 2 N–H and O–H groups in total. The van der Waals surface area contributed by atoms with E-state index >= 15 is 0 Å². The molecule has 0 bridgehead atoms. The first-order valence-corrected chi connectivity index (χ1v) is 9.31. The normalized spacial score (nSPS) is 11.1. The molecule has 2 aromatic heterocycles. The van der Waals surface area contributed by atoms with E-state index in [1.54, 1.807) is 28.8 Å². The molecule has 0 aliphatic heterocycles. The Morgan fingerprint density at radius 3 is 2.47 bits per heavy atom. The topological polar surface area (TPSA) is 69.6 Å². The van der Waals surface area contributed by atoms with Gasteiger partial charge >= 0.3 is 0 Å². The summed E-state index contributed by atoms with van der Waals surface area (Å²) in [6.45, 7) is 3.46. The molecule has 0 atom stereocenters. The SMILES string of the molecule is Cc1cc(OCc2c(F)cccc2F)n2nc(C)c(-c3cccc(C(N)=O)c3)c2c1. The molecule has 0 unspecified atom stereocenters. The first-order chi connectivity index (χ1) is 14.3. The fourth-order valence-electron chi connectivity index (χ4n) is 3.46. The van der Waals surface area contributed by atoms with Gasteiger partial charge < -0.3 is 10.5 Å². The van der Waals surface area contributed by atoms with E-state index in [-0.39, 0.29) is 12.2 Å². The second kappa shape index (κ2) is 7.59. The second-order valence-corrected chi connectivity index (χ2v) is 7.06. The molecule has 0 saturated heterocycles. The van der Waals surface area contributed by atoms with Crippen LogP contribution >= 0.6 is 0 Å². The molecule has 7 heteroatoms. The van der Waals surface area contributed by atoms with E-state index in [2.05, 4.69) is 5.10 Å². The molecule has 5 nitrogen and oxygen atoms in total. The molecule has 4 rings (SSSR count). The predicted octanol–water partition coefficient (Wildman–Crippen LogP) is 4.57. The number of aryl methyl sites for hydroxylation is 2. The fourth-order valence-corrected chi connectivity index (χ4v) is 3.46. The van der Waals surface area contributed by atoms with Gasteiger partial charge in [0, 0.05) is 17.2 Å². The lowest BCUT2D eigenvalue weighted by atomic mass is 10.0. The number of hydrogen-bond donors (Lipinski definition) is 1. The van der Waals surface area contributed by atoms with Crippen LogP contribution in [0, 0.1) is 25.5 Å². The summed E-state index contributed by atoms with van der Waals surface area (Å²) < 4.78 is 35.3. The van der Waals surface area contributed by atoms with Gasteiger partial charge in [-0.15, -0.1) is 0 Å². The molecule has 4 aromatic rings. The van der Waals surface area contributed by atoms with Crippen molar-refractivity contribution in [3.05, 3.63) is 88.6 Å². The number of fused-ring (bicyclic) bond motifs is 1. The number of nitrogens with zero attached hydrogens (tertiary/aromatic N) is 2. The van der Waals surface area contributed by atoms with Gasteiger partial charge in [-0.05, 0) is 55.3 Å². The van der Waals surface area contributed by atoms with E-state index in [1.165, 1.54) is 18.2 Å². The zero-order valence-corrected chi connectivity index (χ0v) is 16.4. The van der Waals surface area contributed by atoms with Crippen molar-refractivity contribution < 1.29 is 18.3 Å². The summed E-state index contributed by atoms with van der Waals surface area (Å²) in [5.74, 6) is -1.50. The quantitative estimate of drug-likeness (QED) is 0.527. The Kier molecular flexibility index (Phi) is 4.95. The van der Waals surface area contributed by atoms with E-state index in [4.69, 9.17) is 10.5 Å². The van der Waals surface area contributed by atoms with Crippen LogP contribution in [0.3, 0.4) is 0 Å². The number of ether oxygens (including phenoxy) is 1. The molecule has 152 valence electrons. The third-order valence-electron chi connectivity index (χ3n) is 4.88. The number of amides is 1. The number of nitrogens with two attached hydrogens (primary N) is 1. The zero-order chi connectivity index (χ0) is 21.4. The Morgan fingerprint density at radius 2 is 1.77 bits per heavy atom. The summed E-state index contributed by atoms with van der Waals surface area (Å²) >= 11 is 0. The standard InChI is InChI=1S/C23H19F2N3O2/c1-13-9-20-22(15-5-3-6-16(11-15)23(26)29)14(2)27-28(20)21(10-13)30-12-17-18(24)7-4-8-19(17)25/h3-11H,12H2,1-2H3,(H2,26,29). The van der Waals surface area contributed by atoms with Crippen LogP contribution < -0.4 is 10.5 Å². The average molecular weight is 407 g/mol. The zero-order valence-electron chi connectivity index (χ0n) is 16.4. The van der Waals surface area contributed by atoms with Crippen molar-refractivity contribution in [3.8, 4) is 17.0 Å². The van der Waals surface area contributed by atoms with Crippen molar-refractivity contribution in [3.63, 3.8) is 0 Å². The van der Waals surface area contributed by atoms with Crippen LogP contribution in [0.5, 0.6) is 5.88 Å². The largest absolute Gasteiger partial charge is 0.473 e. The lowest BCUT2D eigenvalue weighted by Crippen LogP contribution is -2.10. The predicted molar refractivity (Wildman–Crippen MR) is 109 cm³/mol. The Balaban J connectivity index is 1.79. The lowest BCUT2D eigenvalue weighted by molar-refractivity contribution is 0.100. The van der Waals surface area contributed by atoms with Gasteiger partial charge in [-0.3, -0.25) is 4.79 Å². The molecule has 0 aliphatic rings. The van der Waals surface area contributed by atoms with Crippen molar-refractivity contribution in [2.45, 2.75) is 20.5 Å². The highest BCUT2D eigenvalue weighted by Gasteiger charge is 2.17. The highest BCUT2D eigenvalue weighted by molar-refractivity contribution is 5.95. The van der Waals surface area contributed by atoms with Crippen LogP contribution in [0.4, 0.5) is 8.78 Å². The van der Waals surface area contributed by atoms with Gasteiger partial charge in [0.25, 0.3) is 0 Å². The van der Waals surface area contributed by atoms with Gasteiger partial charge in [0.05, 0.1) is 16.8 Å². The van der Waals surface area contributed by atoms with Gasteiger partial charge in [-0.2, -0.15) is 5.10 Å². The van der Waals surface area contributed by atoms with Crippen LogP contribution in [0.25, 0.3) is 16.6 Å². The maximum atomic E-state index is 14.0. The number of aromatic nitrogens is 2. The van der Waals surface area contributed by atoms with Crippen LogP contribution in [0.2, 0.25) is 0 Å². The molecule has 0 fully saturated rings. The second-order valence-electron chi connectivity index (χ2n) is 7.06. The van der Waals surface area contributed by atoms with Gasteiger partial charge in [0.2, 0.25) is 11.8 Å². The molecule has 2 aromatic carbocycles. The highest BCUT2D eigenvalue weighted by atomic mass is 19.1. The van der Waals surface area contributed by atoms with Crippen molar-refractivity contribution in [1.29, 1.82) is 0 Å². The number of carbonyl (C=O) groups is 1. The molecule has 0 radical (unpaired) electrons. The summed E-state index contributed by atoms with van der Waals surface area (Å²) in [4.78, 5) is 11.6. The first kappa shape index (κ1) is 19.6. The van der Waals surface area contributed by atoms with Crippen molar-refractivity contribution in [2.75, 3.05) is 0 Å². The van der Waals surface area contributed by atoms with Gasteiger partial charge in [0.1, 0.15) is 18.2 Å². The van der Waals surface area contributed by atoms with Crippen LogP contribution in [-0.4, -0.2) is 15.5 Å². The minimum Gasteiger partial charge on any atom is -0.473 e. The smallest absolute Gasteiger partial charge is 0.248 e. The van der Waals surface area contributed by atoms with Crippen LogP contribution in [0.1, 0.15) is 27.2 Å². The van der Waals surface area contributed by atoms with Crippen molar-refractivity contribution in [2.24, 2.45) is 5.73 Å². The van der Waals surface area contributed by atoms with Gasteiger partial charge in [-0.25, -0.2) is 13.3 Å². The molecule has 0 saturated carbocycles. The fraction of sp³-hybridized carbons (Fsp3) is 0.130. The summed E-state index contributed by atoms with van der Waals surface area (Å²) in [7, 11) is 0. The number of carbonyl (C=O) groups excluding carboxylic acids is 1. The highest BCUT2D eigenvalue weighted by Crippen LogP contribution is 2.32. The average Bonchev–Trinajstić information content (AvgIpc) is 3.03. The number of rotatable bonds is 5. The third-order valence-corrected chi connectivity index (χ3v) is 4.88. The molecule has 1 amide bonds. The van der Waals surface area contributed by atoms with E-state index in [9.17, 15) is 13.6 Å². The molecular formula is C23H19F2N3O2. The minimum atomic E-state index is -0.667. The van der Waals surface area contributed by atoms with E-state index in [0.29, 0.717) is 17.1 Å². The lowest BCUT2D eigenvalue weighted by Gasteiger charge is -2.11. The van der Waals surface area contributed by atoms with Gasteiger partial charge in [-0.1, -0.05) is 18.2 Å². The number of halogens is 2. The van der Waals surface area contributed by atoms with E-state index in [1.807, 2.05) is 26.0 Å². The van der Waals surface area contributed by atoms with E-state index in [0.717, 1.165) is 22.2 Å². The maximum absolute atomic E-state index is 14.0. The third kappa shape index (κ3) is 3.50. The molecule has 2 heterocycles. The summed E-state index contributed by atoms with van der Waals surface area (Å²) in [6, 6.07) is 14.4. The number of benzene rings is 2. The van der Waals surface area contributed by atoms with Crippen LogP contribution in [-0.2, 0) is 6.61 Å². The monoisotopic (exact) mass is 407 g/mol. The minimum absolute atomic E-state index is 0.148. The summed E-state index contributed by atoms with van der Waals surface area (Å²) in [6.07, 6.45) is 0. The Bertz CT molecular complexity index is 1260. The maximum Gasteiger partial charge on any atom is 0.248 e. The van der Waals surface area contributed by atoms with E-state index < -0.39 is 17.5 Å². The Morgan fingerprint density at radius 1 is 1.07 bits per heavy atom. The Hall–Kier alpha value is -3.74. The first-order valence-electron chi connectivity index (χ1n) is 9.31. The Labute approximate surface area is 171 Å². The summed E-state index contributed by atoms with van der Waals surface area (Å²) in [5.41, 5.74) is 9.62. The molecule has 0 aliphatic carbocycles. The molecule has 30 heavy (non-hydrogen) atoms. The van der Waals surface area contributed by atoms with Crippen molar-refractivity contribution >= 4 is 11.4 Å². The number of primary amides is 1. The van der Waals surface area contributed by atoms with Crippen LogP contribution in [0.15, 0.2) is 54.6 Å². The number of hydrogen-bond acceptors (Lipinski definition) is 3. The molecular weight excluding hydrogens is 388 g/mol.